The first-order valence-corrected chi connectivity index (χ1v) is 4.18. The zero-order chi connectivity index (χ0) is 9.02. The molecule has 0 aliphatic rings. The Bertz CT molecular complexity index is 185. The van der Waals surface area contributed by atoms with Gasteiger partial charge in [0.1, 0.15) is 0 Å². The number of carboxylic acid groups (broad SMARTS) is 2. The second-order valence-corrected chi connectivity index (χ2v) is 3.02. The van der Waals surface area contributed by atoms with Gasteiger partial charge in [0.15, 0.2) is 13.9 Å². The minimum atomic E-state index is -3.03. The Labute approximate surface area is 62.3 Å². The molecule has 0 bridgehead atoms. The number of hydrogen-bond acceptors (Lipinski definition) is 3. The number of rotatable bonds is 4. The van der Waals surface area contributed by atoms with Crippen molar-refractivity contribution in [3.8, 4) is 0 Å². The first-order valence-electron chi connectivity index (χ1n) is 2.62. The lowest BCUT2D eigenvalue weighted by atomic mass is 10.2. The molecule has 0 aromatic rings. The van der Waals surface area contributed by atoms with E-state index in [0.717, 1.165) is 0 Å². The van der Waals surface area contributed by atoms with Crippen LogP contribution in [0.2, 0.25) is 0 Å². The fourth-order valence-corrected chi connectivity index (χ4v) is 1.15. The van der Waals surface area contributed by atoms with Crippen molar-refractivity contribution in [2.75, 3.05) is 6.16 Å². The maximum absolute atomic E-state index is 10.1. The normalized spacial score (nSPS) is 12.9. The Morgan fingerprint density at radius 1 is 1.27 bits per heavy atom. The second kappa shape index (κ2) is 4.10. The predicted octanol–water partition coefficient (Wildman–Crippen LogP) is -0.761. The SMILES string of the molecule is O=C(O)C(C[PH](=O)O)C(=O)O. The molecule has 64 valence electrons. The summed E-state index contributed by atoms with van der Waals surface area (Å²) in [5.74, 6) is -4.96. The fraction of sp³-hybridized carbons (Fsp3) is 0.500. The molecule has 0 aliphatic carbocycles. The maximum atomic E-state index is 10.1. The molecule has 0 aliphatic heterocycles. The Kier molecular flexibility index (Phi) is 3.78. The molecule has 0 rings (SSSR count). The molecule has 0 aromatic carbocycles. The minimum absolute atomic E-state index is 0.713. The van der Waals surface area contributed by atoms with E-state index in [9.17, 15) is 14.2 Å². The van der Waals surface area contributed by atoms with E-state index >= 15 is 0 Å². The van der Waals surface area contributed by atoms with Crippen LogP contribution in [0.3, 0.4) is 0 Å². The van der Waals surface area contributed by atoms with Crippen LogP contribution in [-0.4, -0.2) is 33.2 Å². The third-order valence-electron chi connectivity index (χ3n) is 0.975. The van der Waals surface area contributed by atoms with Gasteiger partial charge in [-0.05, 0) is 0 Å². The molecule has 6 nitrogen and oxygen atoms in total. The molecule has 0 heterocycles. The summed E-state index contributed by atoms with van der Waals surface area (Å²) in [4.78, 5) is 28.4. The van der Waals surface area contributed by atoms with Crippen molar-refractivity contribution < 1.29 is 29.3 Å². The van der Waals surface area contributed by atoms with Crippen molar-refractivity contribution in [1.29, 1.82) is 0 Å². The lowest BCUT2D eigenvalue weighted by Crippen LogP contribution is -2.25. The molecule has 1 atom stereocenters. The standard InChI is InChI=1S/C4H7O6P/c5-3(6)2(4(7)8)1-11(9)10/h2,11H,1H2,(H,5,6)(H,7,8)(H,9,10). The lowest BCUT2D eigenvalue weighted by Gasteiger charge is -2.02. The van der Waals surface area contributed by atoms with Gasteiger partial charge in [0.2, 0.25) is 0 Å². The average molecular weight is 182 g/mol. The fourth-order valence-electron chi connectivity index (χ4n) is 0.455. The van der Waals surface area contributed by atoms with Gasteiger partial charge in [0.05, 0.1) is 0 Å². The summed E-state index contributed by atoms with van der Waals surface area (Å²) in [6.07, 6.45) is -0.713. The van der Waals surface area contributed by atoms with Crippen LogP contribution >= 0.6 is 8.03 Å². The van der Waals surface area contributed by atoms with Gasteiger partial charge in [0, 0.05) is 6.16 Å². The van der Waals surface area contributed by atoms with E-state index in [-0.39, 0.29) is 0 Å². The highest BCUT2D eigenvalue weighted by Crippen LogP contribution is 2.18. The van der Waals surface area contributed by atoms with Gasteiger partial charge in [-0.2, -0.15) is 0 Å². The van der Waals surface area contributed by atoms with Gasteiger partial charge in [-0.25, -0.2) is 0 Å². The molecular weight excluding hydrogens is 175 g/mol. The average Bonchev–Trinajstić information content (AvgIpc) is 1.81. The highest BCUT2D eigenvalue weighted by molar-refractivity contribution is 7.38. The second-order valence-electron chi connectivity index (χ2n) is 1.83. The minimum Gasteiger partial charge on any atom is -0.481 e. The predicted molar refractivity (Wildman–Crippen MR) is 34.8 cm³/mol. The number of carboxylic acids is 2. The molecule has 0 saturated heterocycles. The van der Waals surface area contributed by atoms with E-state index in [0.29, 0.717) is 0 Å². The van der Waals surface area contributed by atoms with E-state index in [2.05, 4.69) is 0 Å². The van der Waals surface area contributed by atoms with Gasteiger partial charge in [0.25, 0.3) is 0 Å². The van der Waals surface area contributed by atoms with Gasteiger partial charge < -0.3 is 15.1 Å². The Hall–Kier alpha value is -0.870. The van der Waals surface area contributed by atoms with Crippen LogP contribution in [0.5, 0.6) is 0 Å². The Morgan fingerprint density at radius 3 is 1.73 bits per heavy atom. The van der Waals surface area contributed by atoms with Crippen molar-refractivity contribution in [2.45, 2.75) is 0 Å². The Balaban J connectivity index is 4.23. The third-order valence-corrected chi connectivity index (χ3v) is 1.73. The highest BCUT2D eigenvalue weighted by atomic mass is 31.1. The number of hydrogen-bond donors (Lipinski definition) is 3. The molecule has 3 N–H and O–H groups in total. The van der Waals surface area contributed by atoms with Crippen LogP contribution in [0.4, 0.5) is 0 Å². The summed E-state index contributed by atoms with van der Waals surface area (Å²) in [7, 11) is -3.03. The number of carbonyl (C=O) groups is 2. The van der Waals surface area contributed by atoms with Gasteiger partial charge in [-0.1, -0.05) is 0 Å². The van der Waals surface area contributed by atoms with Crippen LogP contribution in [-0.2, 0) is 14.2 Å². The molecular formula is C4H7O6P. The van der Waals surface area contributed by atoms with Crippen molar-refractivity contribution in [3.05, 3.63) is 0 Å². The monoisotopic (exact) mass is 182 g/mol. The number of aliphatic carboxylic acids is 2. The van der Waals surface area contributed by atoms with Gasteiger partial charge >= 0.3 is 11.9 Å². The molecule has 0 amide bonds. The first kappa shape index (κ1) is 10.1. The van der Waals surface area contributed by atoms with E-state index in [1.165, 1.54) is 0 Å². The molecule has 0 aromatic heterocycles. The van der Waals surface area contributed by atoms with Crippen LogP contribution in [0.15, 0.2) is 0 Å². The topological polar surface area (TPSA) is 112 Å². The molecule has 0 spiro atoms. The molecule has 0 radical (unpaired) electrons. The van der Waals surface area contributed by atoms with E-state index < -0.39 is 32.0 Å². The van der Waals surface area contributed by atoms with Crippen molar-refractivity contribution in [2.24, 2.45) is 5.92 Å². The summed E-state index contributed by atoms with van der Waals surface area (Å²) in [5.41, 5.74) is 0. The first-order chi connectivity index (χ1) is 4.95. The largest absolute Gasteiger partial charge is 0.481 e. The van der Waals surface area contributed by atoms with Crippen molar-refractivity contribution in [3.63, 3.8) is 0 Å². The molecule has 11 heavy (non-hydrogen) atoms. The summed E-state index contributed by atoms with van der Waals surface area (Å²) < 4.78 is 10.1. The van der Waals surface area contributed by atoms with Gasteiger partial charge in [-0.3, -0.25) is 14.2 Å². The van der Waals surface area contributed by atoms with Gasteiger partial charge in [-0.15, -0.1) is 0 Å². The molecule has 7 heteroatoms. The maximum Gasteiger partial charge on any atom is 0.318 e. The highest BCUT2D eigenvalue weighted by Gasteiger charge is 2.27. The third kappa shape index (κ3) is 3.75. The van der Waals surface area contributed by atoms with Crippen LogP contribution < -0.4 is 0 Å². The molecule has 0 fully saturated rings. The van der Waals surface area contributed by atoms with Crippen molar-refractivity contribution in [1.82, 2.24) is 0 Å². The summed E-state index contributed by atoms with van der Waals surface area (Å²) in [5, 5.41) is 16.4. The summed E-state index contributed by atoms with van der Waals surface area (Å²) >= 11 is 0. The zero-order valence-corrected chi connectivity index (χ0v) is 6.35. The van der Waals surface area contributed by atoms with E-state index in [1.54, 1.807) is 0 Å². The van der Waals surface area contributed by atoms with E-state index in [1.807, 2.05) is 0 Å². The quantitative estimate of drug-likeness (QED) is 0.389. The summed E-state index contributed by atoms with van der Waals surface area (Å²) in [6, 6.07) is 0. The smallest absolute Gasteiger partial charge is 0.318 e. The van der Waals surface area contributed by atoms with Crippen LogP contribution in [0.25, 0.3) is 0 Å². The lowest BCUT2D eigenvalue weighted by molar-refractivity contribution is -0.153. The van der Waals surface area contributed by atoms with Crippen molar-refractivity contribution >= 4 is 20.0 Å². The molecule has 1 unspecified atom stereocenters. The summed E-state index contributed by atoms with van der Waals surface area (Å²) in [6.45, 7) is 0. The Morgan fingerprint density at radius 2 is 1.64 bits per heavy atom. The zero-order valence-electron chi connectivity index (χ0n) is 5.35. The van der Waals surface area contributed by atoms with Crippen LogP contribution in [0, 0.1) is 5.92 Å². The van der Waals surface area contributed by atoms with Crippen LogP contribution in [0.1, 0.15) is 0 Å². The van der Waals surface area contributed by atoms with E-state index in [4.69, 9.17) is 15.1 Å². The molecule has 0 saturated carbocycles.